The second-order valence-electron chi connectivity index (χ2n) is 4.83. The fourth-order valence-electron chi connectivity index (χ4n) is 2.17. The molecule has 0 atom stereocenters. The lowest BCUT2D eigenvalue weighted by Crippen LogP contribution is -1.97. The van der Waals surface area contributed by atoms with Crippen molar-refractivity contribution in [2.24, 2.45) is 0 Å². The van der Waals surface area contributed by atoms with Gasteiger partial charge in [0.25, 0.3) is 0 Å². The van der Waals surface area contributed by atoms with Crippen LogP contribution in [0.3, 0.4) is 0 Å². The fourth-order valence-corrected chi connectivity index (χ4v) is 2.17. The van der Waals surface area contributed by atoms with Crippen molar-refractivity contribution in [2.45, 2.75) is 6.92 Å². The molecule has 0 spiro atoms. The number of aromatic nitrogens is 1. The lowest BCUT2D eigenvalue weighted by molar-refractivity contribution is -0.385. The molecule has 0 bridgehead atoms. The van der Waals surface area contributed by atoms with E-state index in [0.717, 1.165) is 6.07 Å². The Morgan fingerprint density at radius 3 is 2.61 bits per heavy atom. The van der Waals surface area contributed by atoms with Crippen molar-refractivity contribution >= 4 is 16.6 Å². The molecule has 23 heavy (non-hydrogen) atoms. The molecule has 0 N–H and O–H groups in total. The number of para-hydroxylation sites is 2. The minimum atomic E-state index is -1.04. The Balaban J connectivity index is 2.10. The highest BCUT2D eigenvalue weighted by Gasteiger charge is 2.17. The zero-order valence-electron chi connectivity index (χ0n) is 11.9. The van der Waals surface area contributed by atoms with Gasteiger partial charge in [-0.15, -0.1) is 0 Å². The van der Waals surface area contributed by atoms with E-state index in [2.05, 4.69) is 4.98 Å². The van der Waals surface area contributed by atoms with Crippen LogP contribution in [0.25, 0.3) is 10.9 Å². The minimum Gasteiger partial charge on any atom is -0.448 e. The fraction of sp³-hybridized carbons (Fsp3) is 0.0625. The predicted octanol–water partition coefficient (Wildman–Crippen LogP) is 4.52. The van der Waals surface area contributed by atoms with E-state index in [4.69, 9.17) is 4.74 Å². The summed E-state index contributed by atoms with van der Waals surface area (Å²) in [4.78, 5) is 14.4. The number of nitro groups is 1. The van der Waals surface area contributed by atoms with Crippen LogP contribution >= 0.6 is 0 Å². The Kier molecular flexibility index (Phi) is 3.61. The van der Waals surface area contributed by atoms with Gasteiger partial charge in [0.1, 0.15) is 11.3 Å². The van der Waals surface area contributed by atoms with Crippen LogP contribution in [-0.2, 0) is 0 Å². The van der Waals surface area contributed by atoms with E-state index in [1.807, 2.05) is 0 Å². The first kappa shape index (κ1) is 14.8. The van der Waals surface area contributed by atoms with Crippen LogP contribution in [0.2, 0.25) is 0 Å². The minimum absolute atomic E-state index is 0.0457. The summed E-state index contributed by atoms with van der Waals surface area (Å²) in [5, 5.41) is 11.3. The van der Waals surface area contributed by atoms with Crippen LogP contribution in [0.1, 0.15) is 5.69 Å². The number of nitrogens with zero attached hydrogens (tertiary/aromatic N) is 2. The average Bonchev–Trinajstić information content (AvgIpc) is 2.53. The Morgan fingerprint density at radius 2 is 1.87 bits per heavy atom. The zero-order valence-corrected chi connectivity index (χ0v) is 11.9. The predicted molar refractivity (Wildman–Crippen MR) is 79.6 cm³/mol. The molecule has 0 unspecified atom stereocenters. The number of ether oxygens (including phenoxy) is 1. The van der Waals surface area contributed by atoms with E-state index < -0.39 is 16.6 Å². The third-order valence-corrected chi connectivity index (χ3v) is 3.30. The van der Waals surface area contributed by atoms with Crippen molar-refractivity contribution in [1.29, 1.82) is 0 Å². The lowest BCUT2D eigenvalue weighted by Gasteiger charge is -2.10. The normalized spacial score (nSPS) is 10.7. The van der Waals surface area contributed by atoms with Gasteiger partial charge in [-0.05, 0) is 31.2 Å². The highest BCUT2D eigenvalue weighted by Crippen LogP contribution is 2.33. The molecule has 0 radical (unpaired) electrons. The van der Waals surface area contributed by atoms with Crippen LogP contribution in [0.5, 0.6) is 11.5 Å². The SMILES string of the molecule is Cc1nc2c(F)c(F)ccc2cc1Oc1ccccc1[N+](=O)[O-]. The topological polar surface area (TPSA) is 65.3 Å². The summed E-state index contributed by atoms with van der Waals surface area (Å²) in [7, 11) is 0. The molecule has 116 valence electrons. The van der Waals surface area contributed by atoms with E-state index in [9.17, 15) is 18.9 Å². The average molecular weight is 316 g/mol. The maximum Gasteiger partial charge on any atom is 0.311 e. The molecular weight excluding hydrogens is 306 g/mol. The standard InChI is InChI=1S/C16H10F2N2O3/c1-9-14(23-13-5-3-2-4-12(13)20(21)22)8-10-6-7-11(17)15(18)16(10)19-9/h2-8H,1H3. The van der Waals surface area contributed by atoms with Gasteiger partial charge in [-0.3, -0.25) is 10.1 Å². The number of pyridine rings is 1. The van der Waals surface area contributed by atoms with Crippen molar-refractivity contribution in [3.63, 3.8) is 0 Å². The Hall–Kier alpha value is -3.09. The van der Waals surface area contributed by atoms with Gasteiger partial charge in [-0.2, -0.15) is 0 Å². The van der Waals surface area contributed by atoms with Crippen LogP contribution < -0.4 is 4.74 Å². The van der Waals surface area contributed by atoms with Gasteiger partial charge in [0.05, 0.1) is 10.6 Å². The Labute approximate surface area is 129 Å². The molecule has 0 amide bonds. The summed E-state index contributed by atoms with van der Waals surface area (Å²) >= 11 is 0. The van der Waals surface area contributed by atoms with Gasteiger partial charge in [-0.1, -0.05) is 12.1 Å². The molecule has 0 aliphatic carbocycles. The van der Waals surface area contributed by atoms with Gasteiger partial charge in [0, 0.05) is 11.5 Å². The van der Waals surface area contributed by atoms with Crippen LogP contribution in [0, 0.1) is 28.7 Å². The number of halogens is 2. The first-order valence-electron chi connectivity index (χ1n) is 6.64. The number of hydrogen-bond donors (Lipinski definition) is 0. The molecule has 0 saturated carbocycles. The first-order chi connectivity index (χ1) is 11.0. The summed E-state index contributed by atoms with van der Waals surface area (Å²) in [6, 6.07) is 9.71. The second kappa shape index (κ2) is 5.60. The van der Waals surface area contributed by atoms with Crippen molar-refractivity contribution in [1.82, 2.24) is 4.98 Å². The highest BCUT2D eigenvalue weighted by atomic mass is 19.2. The molecule has 0 aliphatic rings. The monoisotopic (exact) mass is 316 g/mol. The second-order valence-corrected chi connectivity index (χ2v) is 4.83. The van der Waals surface area contributed by atoms with E-state index in [0.29, 0.717) is 11.1 Å². The molecule has 3 aromatic rings. The van der Waals surface area contributed by atoms with Gasteiger partial charge in [0.15, 0.2) is 11.6 Å². The molecule has 5 nitrogen and oxygen atoms in total. The summed E-state index contributed by atoms with van der Waals surface area (Å²) in [5.74, 6) is -1.75. The van der Waals surface area contributed by atoms with Gasteiger partial charge >= 0.3 is 5.69 Å². The Morgan fingerprint density at radius 1 is 1.13 bits per heavy atom. The maximum absolute atomic E-state index is 13.7. The van der Waals surface area contributed by atoms with Crippen molar-refractivity contribution in [3.05, 3.63) is 69.9 Å². The van der Waals surface area contributed by atoms with Crippen LogP contribution in [-0.4, -0.2) is 9.91 Å². The number of hydrogen-bond acceptors (Lipinski definition) is 4. The number of nitro benzene ring substituents is 1. The molecule has 0 fully saturated rings. The van der Waals surface area contributed by atoms with Crippen molar-refractivity contribution in [3.8, 4) is 11.5 Å². The van der Waals surface area contributed by atoms with Crippen LogP contribution in [0.15, 0.2) is 42.5 Å². The molecule has 0 aliphatic heterocycles. The molecule has 1 heterocycles. The highest BCUT2D eigenvalue weighted by molar-refractivity contribution is 5.81. The lowest BCUT2D eigenvalue weighted by atomic mass is 10.2. The summed E-state index contributed by atoms with van der Waals surface area (Å²) in [5.41, 5.74) is -0.0187. The maximum atomic E-state index is 13.7. The van der Waals surface area contributed by atoms with E-state index >= 15 is 0 Å². The van der Waals surface area contributed by atoms with E-state index in [1.165, 1.54) is 30.3 Å². The molecule has 1 aromatic heterocycles. The largest absolute Gasteiger partial charge is 0.448 e. The first-order valence-corrected chi connectivity index (χ1v) is 6.64. The number of rotatable bonds is 3. The van der Waals surface area contributed by atoms with Gasteiger partial charge in [-0.25, -0.2) is 13.8 Å². The van der Waals surface area contributed by atoms with Crippen LogP contribution in [0.4, 0.5) is 14.5 Å². The van der Waals surface area contributed by atoms with E-state index in [-0.39, 0.29) is 22.7 Å². The van der Waals surface area contributed by atoms with E-state index in [1.54, 1.807) is 13.0 Å². The summed E-state index contributed by atoms with van der Waals surface area (Å²) < 4.78 is 32.5. The number of fused-ring (bicyclic) bond motifs is 1. The molecule has 2 aromatic carbocycles. The number of benzene rings is 2. The third-order valence-electron chi connectivity index (χ3n) is 3.30. The molecular formula is C16H10F2N2O3. The molecule has 0 saturated heterocycles. The van der Waals surface area contributed by atoms with Crippen molar-refractivity contribution < 1.29 is 18.4 Å². The molecule has 7 heteroatoms. The Bertz CT molecular complexity index is 929. The molecule has 3 rings (SSSR count). The summed E-state index contributed by atoms with van der Waals surface area (Å²) in [6.45, 7) is 1.55. The van der Waals surface area contributed by atoms with Gasteiger partial charge < -0.3 is 4.74 Å². The quantitative estimate of drug-likeness (QED) is 0.526. The summed E-state index contributed by atoms with van der Waals surface area (Å²) in [6.07, 6.45) is 0. The van der Waals surface area contributed by atoms with Crippen molar-refractivity contribution in [2.75, 3.05) is 0 Å². The van der Waals surface area contributed by atoms with Gasteiger partial charge in [0.2, 0.25) is 5.75 Å². The number of aryl methyl sites for hydroxylation is 1. The smallest absolute Gasteiger partial charge is 0.311 e. The zero-order chi connectivity index (χ0) is 16.6. The third kappa shape index (κ3) is 2.68.